The molecule has 0 fully saturated rings. The molecule has 4 aromatic carbocycles. The molecule has 0 heterocycles. The van der Waals surface area contributed by atoms with Gasteiger partial charge in [-0.3, -0.25) is 0 Å². The molecule has 4 aromatic rings. The second kappa shape index (κ2) is 10.4. The molecule has 34 heavy (non-hydrogen) atoms. The Morgan fingerprint density at radius 2 is 1.26 bits per heavy atom. The van der Waals surface area contributed by atoms with Gasteiger partial charge in [0.05, 0.1) is 5.57 Å². The van der Waals surface area contributed by atoms with Gasteiger partial charge in [0, 0.05) is 0 Å². The first-order chi connectivity index (χ1) is 16.8. The standard InChI is InChI=1S/C30H26O3S/c31-30(29-20-15-23-9-7-8-14-28(23)29)33-22-21-32-24-16-18-27(19-17-24)34(25-10-3-1-4-11-25)26-12-5-2-6-13-26/h1-14,16-20,34H,15,21-22H2. The number of benzene rings is 4. The van der Waals surface area contributed by atoms with Gasteiger partial charge >= 0.3 is 5.97 Å². The Kier molecular flexibility index (Phi) is 6.78. The first-order valence-corrected chi connectivity index (χ1v) is 12.7. The van der Waals surface area contributed by atoms with Crippen molar-refractivity contribution >= 4 is 22.4 Å². The fourth-order valence-electron chi connectivity index (χ4n) is 4.14. The van der Waals surface area contributed by atoms with Crippen LogP contribution in [0.4, 0.5) is 0 Å². The lowest BCUT2D eigenvalue weighted by Gasteiger charge is -2.23. The summed E-state index contributed by atoms with van der Waals surface area (Å²) in [5.41, 5.74) is 2.78. The van der Waals surface area contributed by atoms with Crippen LogP contribution in [0, 0.1) is 0 Å². The van der Waals surface area contributed by atoms with E-state index < -0.39 is 10.9 Å². The van der Waals surface area contributed by atoms with Crippen molar-refractivity contribution in [1.29, 1.82) is 0 Å². The molecule has 0 N–H and O–H groups in total. The fourth-order valence-corrected chi connectivity index (χ4v) is 6.42. The van der Waals surface area contributed by atoms with Crippen LogP contribution in [0.3, 0.4) is 0 Å². The maximum atomic E-state index is 12.5. The number of carbonyl (C=O) groups is 1. The van der Waals surface area contributed by atoms with Crippen LogP contribution >= 0.6 is 10.9 Å². The molecule has 0 radical (unpaired) electrons. The van der Waals surface area contributed by atoms with E-state index in [9.17, 15) is 4.79 Å². The monoisotopic (exact) mass is 466 g/mol. The van der Waals surface area contributed by atoms with E-state index in [1.54, 1.807) is 0 Å². The van der Waals surface area contributed by atoms with Crippen LogP contribution in [0.5, 0.6) is 5.75 Å². The lowest BCUT2D eigenvalue weighted by atomic mass is 10.1. The maximum absolute atomic E-state index is 12.5. The van der Waals surface area contributed by atoms with Gasteiger partial charge in [-0.05, 0) is 80.8 Å². The molecule has 0 spiro atoms. The van der Waals surface area contributed by atoms with Crippen LogP contribution in [0.1, 0.15) is 11.1 Å². The summed E-state index contributed by atoms with van der Waals surface area (Å²) in [4.78, 5) is 16.4. The molecule has 1 aliphatic rings. The zero-order valence-corrected chi connectivity index (χ0v) is 19.7. The maximum Gasteiger partial charge on any atom is 0.338 e. The first-order valence-electron chi connectivity index (χ1n) is 11.4. The molecule has 3 nitrogen and oxygen atoms in total. The number of ether oxygens (including phenoxy) is 2. The Hall–Kier alpha value is -3.76. The summed E-state index contributed by atoms with van der Waals surface area (Å²) < 4.78 is 11.3. The average Bonchev–Trinajstić information content (AvgIpc) is 3.33. The van der Waals surface area contributed by atoms with Crippen molar-refractivity contribution in [2.24, 2.45) is 0 Å². The van der Waals surface area contributed by atoms with Gasteiger partial charge in [-0.2, -0.15) is 10.9 Å². The predicted octanol–water partition coefficient (Wildman–Crippen LogP) is 6.73. The summed E-state index contributed by atoms with van der Waals surface area (Å²) in [7, 11) is -0.641. The highest BCUT2D eigenvalue weighted by molar-refractivity contribution is 8.17. The number of hydrogen-bond donors (Lipinski definition) is 1. The second-order valence-electron chi connectivity index (χ2n) is 7.96. The Morgan fingerprint density at radius 3 is 1.94 bits per heavy atom. The number of rotatable bonds is 8. The van der Waals surface area contributed by atoms with E-state index >= 15 is 0 Å². The second-order valence-corrected chi connectivity index (χ2v) is 10.2. The molecule has 0 bridgehead atoms. The molecular formula is C30H26O3S. The molecule has 0 saturated carbocycles. The lowest BCUT2D eigenvalue weighted by molar-refractivity contribution is -0.137. The minimum Gasteiger partial charge on any atom is -0.490 e. The van der Waals surface area contributed by atoms with E-state index in [1.807, 2.05) is 54.6 Å². The van der Waals surface area contributed by atoms with Gasteiger partial charge in [0.15, 0.2) is 0 Å². The van der Waals surface area contributed by atoms with E-state index in [-0.39, 0.29) is 12.6 Å². The van der Waals surface area contributed by atoms with Gasteiger partial charge in [-0.1, -0.05) is 66.7 Å². The normalized spacial score (nSPS) is 12.5. The minimum atomic E-state index is -0.641. The Balaban J connectivity index is 1.19. The van der Waals surface area contributed by atoms with Gasteiger partial charge in [0.2, 0.25) is 0 Å². The van der Waals surface area contributed by atoms with Crippen molar-refractivity contribution in [2.75, 3.05) is 13.2 Å². The van der Waals surface area contributed by atoms with Crippen molar-refractivity contribution in [2.45, 2.75) is 21.1 Å². The van der Waals surface area contributed by atoms with Crippen LogP contribution < -0.4 is 4.74 Å². The third-order valence-electron chi connectivity index (χ3n) is 5.76. The third-order valence-corrected chi connectivity index (χ3v) is 8.21. The minimum absolute atomic E-state index is 0.209. The van der Waals surface area contributed by atoms with E-state index in [0.717, 1.165) is 23.3 Å². The number of thiol groups is 1. The summed E-state index contributed by atoms with van der Waals surface area (Å²) in [5, 5.41) is 0. The Morgan fingerprint density at radius 1 is 0.676 bits per heavy atom. The molecule has 4 heteroatoms. The number of hydrogen-bond acceptors (Lipinski definition) is 3. The first kappa shape index (κ1) is 22.1. The van der Waals surface area contributed by atoms with E-state index in [2.05, 4.69) is 60.7 Å². The summed E-state index contributed by atoms with van der Waals surface area (Å²) in [6.45, 7) is 0.521. The van der Waals surface area contributed by atoms with Crippen LogP contribution in [-0.2, 0) is 16.0 Å². The van der Waals surface area contributed by atoms with Gasteiger partial charge < -0.3 is 9.47 Å². The lowest BCUT2D eigenvalue weighted by Crippen LogP contribution is -2.13. The van der Waals surface area contributed by atoms with E-state index in [4.69, 9.17) is 9.47 Å². The number of fused-ring (bicyclic) bond motifs is 1. The SMILES string of the molecule is O=C(OCCOc1ccc([SH](c2ccccc2)c2ccccc2)cc1)C1=CCc2ccccc21. The number of carbonyl (C=O) groups excluding carboxylic acids is 1. The van der Waals surface area contributed by atoms with Gasteiger partial charge in [-0.15, -0.1) is 0 Å². The van der Waals surface area contributed by atoms with Crippen LogP contribution in [0.25, 0.3) is 5.57 Å². The molecule has 170 valence electrons. The summed E-state index contributed by atoms with van der Waals surface area (Å²) in [5.74, 6) is 0.474. The summed E-state index contributed by atoms with van der Waals surface area (Å²) in [6, 6.07) is 37.4. The van der Waals surface area contributed by atoms with Crippen LogP contribution in [-0.4, -0.2) is 19.2 Å². The molecule has 0 amide bonds. The highest BCUT2D eigenvalue weighted by atomic mass is 32.2. The van der Waals surface area contributed by atoms with E-state index in [0.29, 0.717) is 12.2 Å². The molecule has 0 unspecified atom stereocenters. The number of esters is 1. The van der Waals surface area contributed by atoms with Crippen molar-refractivity contribution in [1.82, 2.24) is 0 Å². The molecule has 0 aromatic heterocycles. The average molecular weight is 467 g/mol. The van der Waals surface area contributed by atoms with Crippen molar-refractivity contribution < 1.29 is 14.3 Å². The molecule has 5 rings (SSSR count). The zero-order valence-electron chi connectivity index (χ0n) is 18.8. The highest BCUT2D eigenvalue weighted by Crippen LogP contribution is 2.51. The fraction of sp³-hybridized carbons (Fsp3) is 0.100. The number of allylic oxidation sites excluding steroid dienone is 1. The van der Waals surface area contributed by atoms with Crippen LogP contribution in [0.2, 0.25) is 0 Å². The third kappa shape index (κ3) is 4.92. The summed E-state index contributed by atoms with van der Waals surface area (Å²) >= 11 is 0. The van der Waals surface area contributed by atoms with Crippen molar-refractivity contribution in [3.63, 3.8) is 0 Å². The quantitative estimate of drug-likeness (QED) is 0.178. The Bertz CT molecular complexity index is 1240. The topological polar surface area (TPSA) is 35.5 Å². The molecule has 0 aliphatic heterocycles. The van der Waals surface area contributed by atoms with Gasteiger partial charge in [0.1, 0.15) is 19.0 Å². The molecule has 0 saturated heterocycles. The zero-order chi connectivity index (χ0) is 23.2. The molecular weight excluding hydrogens is 440 g/mol. The van der Waals surface area contributed by atoms with Gasteiger partial charge in [-0.25, -0.2) is 4.79 Å². The predicted molar refractivity (Wildman–Crippen MR) is 138 cm³/mol. The van der Waals surface area contributed by atoms with Crippen molar-refractivity contribution in [3.05, 3.63) is 126 Å². The van der Waals surface area contributed by atoms with Gasteiger partial charge in [0.25, 0.3) is 0 Å². The summed E-state index contributed by atoms with van der Waals surface area (Å²) in [6.07, 6.45) is 2.71. The van der Waals surface area contributed by atoms with Crippen molar-refractivity contribution in [3.8, 4) is 5.75 Å². The molecule has 0 atom stereocenters. The van der Waals surface area contributed by atoms with E-state index in [1.165, 1.54) is 14.7 Å². The Labute approximate surface area is 203 Å². The van der Waals surface area contributed by atoms with Crippen LogP contribution in [0.15, 0.2) is 130 Å². The molecule has 1 aliphatic carbocycles. The smallest absolute Gasteiger partial charge is 0.338 e. The largest absolute Gasteiger partial charge is 0.490 e. The highest BCUT2D eigenvalue weighted by Gasteiger charge is 2.20.